The quantitative estimate of drug-likeness (QED) is 0.305. The highest BCUT2D eigenvalue weighted by molar-refractivity contribution is 7.48. The lowest BCUT2D eigenvalue weighted by Gasteiger charge is -2.26. The third kappa shape index (κ3) is 6.57. The van der Waals surface area contributed by atoms with E-state index < -0.39 is 23.9 Å². The minimum absolute atomic E-state index is 0.102. The number of phosphoric acid groups is 1. The molecule has 0 radical (unpaired) electrons. The van der Waals surface area contributed by atoms with Gasteiger partial charge in [0.05, 0.1) is 0 Å². The predicted octanol–water partition coefficient (Wildman–Crippen LogP) is 3.44. The SMILES string of the molecule is CCCC(=O)OC(OP(=O)(OC)OC)C(Cl)(Cl)Cl. The monoisotopic (exact) mass is 342 g/mol. The van der Waals surface area contributed by atoms with Crippen LogP contribution in [-0.2, 0) is 27.7 Å². The number of alkyl halides is 3. The van der Waals surface area contributed by atoms with E-state index in [1.807, 2.05) is 0 Å². The summed E-state index contributed by atoms with van der Waals surface area (Å²) in [6.45, 7) is 1.77. The first-order chi connectivity index (χ1) is 8.18. The number of carbonyl (C=O) groups is 1. The molecule has 0 fully saturated rings. The molecule has 0 aliphatic rings. The number of rotatable bonds is 7. The standard InChI is InChI=1S/C8H14Cl3O6P/c1-4-5-6(12)16-7(8(9,10)11)17-18(13,14-2)15-3/h7H,4-5H2,1-3H3. The smallest absolute Gasteiger partial charge is 0.430 e. The van der Waals surface area contributed by atoms with Crippen LogP contribution in [0.25, 0.3) is 0 Å². The summed E-state index contributed by atoms with van der Waals surface area (Å²) in [7, 11) is -1.79. The van der Waals surface area contributed by atoms with Gasteiger partial charge in [0.15, 0.2) is 0 Å². The fourth-order valence-corrected chi connectivity index (χ4v) is 2.02. The number of phosphoric ester groups is 1. The molecule has 0 heterocycles. The van der Waals surface area contributed by atoms with Crippen LogP contribution in [0.4, 0.5) is 0 Å². The molecule has 0 aromatic heterocycles. The molecule has 0 bridgehead atoms. The lowest BCUT2D eigenvalue weighted by Crippen LogP contribution is -2.33. The van der Waals surface area contributed by atoms with Crippen LogP contribution in [-0.4, -0.2) is 30.3 Å². The molecule has 0 aromatic rings. The van der Waals surface area contributed by atoms with Gasteiger partial charge in [-0.25, -0.2) is 9.09 Å². The number of hydrogen-bond acceptors (Lipinski definition) is 6. The Bertz CT molecular complexity index is 310. The Balaban J connectivity index is 4.81. The average Bonchev–Trinajstić information content (AvgIpc) is 2.27. The first-order valence-electron chi connectivity index (χ1n) is 4.84. The Morgan fingerprint density at radius 2 is 1.78 bits per heavy atom. The largest absolute Gasteiger partial charge is 0.477 e. The van der Waals surface area contributed by atoms with Crippen LogP contribution in [0.15, 0.2) is 0 Å². The second-order valence-corrected chi connectivity index (χ2v) is 7.24. The number of halogens is 3. The molecule has 0 amide bonds. The third-order valence-corrected chi connectivity index (χ3v) is 3.51. The molecule has 0 saturated heterocycles. The summed E-state index contributed by atoms with van der Waals surface area (Å²) in [6.07, 6.45) is -1.06. The molecule has 6 nitrogen and oxygen atoms in total. The molecule has 0 aliphatic heterocycles. The number of ether oxygens (including phenoxy) is 1. The maximum absolute atomic E-state index is 11.7. The second kappa shape index (κ2) is 7.90. The van der Waals surface area contributed by atoms with Crippen molar-refractivity contribution in [1.82, 2.24) is 0 Å². The fraction of sp³-hybridized carbons (Fsp3) is 0.875. The van der Waals surface area contributed by atoms with Crippen molar-refractivity contribution in [2.24, 2.45) is 0 Å². The van der Waals surface area contributed by atoms with Crippen LogP contribution in [0.2, 0.25) is 0 Å². The van der Waals surface area contributed by atoms with Crippen LogP contribution in [0.1, 0.15) is 19.8 Å². The Labute approximate surface area is 120 Å². The van der Waals surface area contributed by atoms with Gasteiger partial charge in [0, 0.05) is 20.6 Å². The highest BCUT2D eigenvalue weighted by atomic mass is 35.6. The van der Waals surface area contributed by atoms with Crippen molar-refractivity contribution in [2.75, 3.05) is 14.2 Å². The summed E-state index contributed by atoms with van der Waals surface area (Å²) in [6, 6.07) is 0. The number of carbonyl (C=O) groups excluding carboxylic acids is 1. The fourth-order valence-electron chi connectivity index (χ4n) is 0.808. The van der Waals surface area contributed by atoms with Gasteiger partial charge in [-0.15, -0.1) is 0 Å². The minimum atomic E-state index is -3.94. The summed E-state index contributed by atoms with van der Waals surface area (Å²) in [5.74, 6) is -0.660. The van der Waals surface area contributed by atoms with Gasteiger partial charge in [-0.05, 0) is 6.42 Å². The molecule has 0 saturated carbocycles. The molecule has 0 N–H and O–H groups in total. The molecule has 18 heavy (non-hydrogen) atoms. The summed E-state index contributed by atoms with van der Waals surface area (Å²) >= 11 is 16.7. The summed E-state index contributed by atoms with van der Waals surface area (Å²) < 4.78 is 28.1. The molecule has 0 aromatic carbocycles. The second-order valence-electron chi connectivity index (χ2n) is 3.03. The molecule has 108 valence electrons. The zero-order valence-corrected chi connectivity index (χ0v) is 13.2. The summed E-state index contributed by atoms with van der Waals surface area (Å²) in [5, 5.41) is 0. The first-order valence-corrected chi connectivity index (χ1v) is 7.44. The third-order valence-electron chi connectivity index (χ3n) is 1.63. The van der Waals surface area contributed by atoms with Gasteiger partial charge < -0.3 is 4.74 Å². The Kier molecular flexibility index (Phi) is 8.10. The highest BCUT2D eigenvalue weighted by Crippen LogP contribution is 2.52. The van der Waals surface area contributed by atoms with Gasteiger partial charge in [0.1, 0.15) is 0 Å². The zero-order chi connectivity index (χ0) is 14.4. The van der Waals surface area contributed by atoms with Crippen LogP contribution in [0.3, 0.4) is 0 Å². The molecule has 0 spiro atoms. The van der Waals surface area contributed by atoms with E-state index in [0.717, 1.165) is 14.2 Å². The Hall–Kier alpha value is 0.450. The maximum Gasteiger partial charge on any atom is 0.477 e. The first kappa shape index (κ1) is 18.4. The van der Waals surface area contributed by atoms with E-state index in [-0.39, 0.29) is 6.42 Å². The maximum atomic E-state index is 11.7. The van der Waals surface area contributed by atoms with Crippen molar-refractivity contribution in [3.63, 3.8) is 0 Å². The van der Waals surface area contributed by atoms with Crippen LogP contribution in [0, 0.1) is 0 Å². The van der Waals surface area contributed by atoms with Gasteiger partial charge in [-0.2, -0.15) is 0 Å². The summed E-state index contributed by atoms with van der Waals surface area (Å²) in [4.78, 5) is 11.3. The Morgan fingerprint density at radius 3 is 2.11 bits per heavy atom. The van der Waals surface area contributed by atoms with E-state index in [1.165, 1.54) is 0 Å². The van der Waals surface area contributed by atoms with Gasteiger partial charge in [-0.1, -0.05) is 41.7 Å². The lowest BCUT2D eigenvalue weighted by molar-refractivity contribution is -0.165. The Morgan fingerprint density at radius 1 is 1.28 bits per heavy atom. The van der Waals surface area contributed by atoms with Crippen molar-refractivity contribution in [2.45, 2.75) is 29.8 Å². The van der Waals surface area contributed by atoms with E-state index in [0.29, 0.717) is 6.42 Å². The molecule has 0 aliphatic carbocycles. The summed E-state index contributed by atoms with van der Waals surface area (Å²) in [5.41, 5.74) is 0. The zero-order valence-electron chi connectivity index (χ0n) is 10.0. The van der Waals surface area contributed by atoms with Crippen LogP contribution >= 0.6 is 42.6 Å². The molecule has 10 heteroatoms. The number of hydrogen-bond donors (Lipinski definition) is 0. The predicted molar refractivity (Wildman–Crippen MR) is 67.8 cm³/mol. The van der Waals surface area contributed by atoms with Gasteiger partial charge >= 0.3 is 13.8 Å². The van der Waals surface area contributed by atoms with Crippen molar-refractivity contribution in [1.29, 1.82) is 0 Å². The van der Waals surface area contributed by atoms with Gasteiger partial charge in [0.2, 0.25) is 0 Å². The van der Waals surface area contributed by atoms with Crippen molar-refractivity contribution >= 4 is 48.6 Å². The molecule has 1 unspecified atom stereocenters. The molecular formula is C8H14Cl3O6P. The minimum Gasteiger partial charge on any atom is -0.430 e. The van der Waals surface area contributed by atoms with Gasteiger partial charge in [0.25, 0.3) is 10.1 Å². The molecular weight excluding hydrogens is 329 g/mol. The van der Waals surface area contributed by atoms with Crippen molar-refractivity contribution in [3.8, 4) is 0 Å². The van der Waals surface area contributed by atoms with Crippen LogP contribution in [0.5, 0.6) is 0 Å². The van der Waals surface area contributed by atoms with E-state index in [9.17, 15) is 9.36 Å². The number of esters is 1. The lowest BCUT2D eigenvalue weighted by atomic mass is 10.3. The highest BCUT2D eigenvalue weighted by Gasteiger charge is 2.43. The van der Waals surface area contributed by atoms with Crippen LogP contribution < -0.4 is 0 Å². The van der Waals surface area contributed by atoms with E-state index in [4.69, 9.17) is 44.1 Å². The normalized spacial score (nSPS) is 14.3. The van der Waals surface area contributed by atoms with E-state index in [1.54, 1.807) is 6.92 Å². The average molecular weight is 344 g/mol. The van der Waals surface area contributed by atoms with Crippen molar-refractivity contribution < 1.29 is 27.7 Å². The van der Waals surface area contributed by atoms with E-state index in [2.05, 4.69) is 9.05 Å². The molecule has 0 rings (SSSR count). The van der Waals surface area contributed by atoms with Crippen molar-refractivity contribution in [3.05, 3.63) is 0 Å². The molecule has 1 atom stereocenters. The van der Waals surface area contributed by atoms with Gasteiger partial charge in [-0.3, -0.25) is 13.8 Å². The topological polar surface area (TPSA) is 71.1 Å². The van der Waals surface area contributed by atoms with E-state index >= 15 is 0 Å².